The first kappa shape index (κ1) is 22.0. The van der Waals surface area contributed by atoms with Crippen LogP contribution in [0.2, 0.25) is 0 Å². The number of anilines is 2. The molecule has 0 saturated heterocycles. The van der Waals surface area contributed by atoms with Gasteiger partial charge in [0, 0.05) is 24.5 Å². The lowest BCUT2D eigenvalue weighted by atomic mass is 10.2. The summed E-state index contributed by atoms with van der Waals surface area (Å²) in [5.74, 6) is 0.981. The van der Waals surface area contributed by atoms with Crippen molar-refractivity contribution in [2.75, 3.05) is 36.4 Å². The quantitative estimate of drug-likeness (QED) is 0.486. The van der Waals surface area contributed by atoms with Crippen molar-refractivity contribution in [3.8, 4) is 10.8 Å². The van der Waals surface area contributed by atoms with Crippen LogP contribution in [-0.4, -0.2) is 47.2 Å². The van der Waals surface area contributed by atoms with Gasteiger partial charge in [-0.2, -0.15) is 0 Å². The van der Waals surface area contributed by atoms with E-state index in [1.54, 1.807) is 11.3 Å². The van der Waals surface area contributed by atoms with E-state index in [0.29, 0.717) is 18.3 Å². The van der Waals surface area contributed by atoms with Crippen LogP contribution >= 0.6 is 11.3 Å². The summed E-state index contributed by atoms with van der Waals surface area (Å²) in [6.45, 7) is 9.74. The fourth-order valence-electron chi connectivity index (χ4n) is 3.29. The Labute approximate surface area is 181 Å². The Balaban J connectivity index is 1.57. The van der Waals surface area contributed by atoms with Gasteiger partial charge in [0.05, 0.1) is 18.0 Å². The highest BCUT2D eigenvalue weighted by atomic mass is 32.1. The minimum Gasteiger partial charge on any atom is -0.419 e. The first-order valence-electron chi connectivity index (χ1n) is 10.4. The fraction of sp³-hybridized carbons (Fsp3) is 0.409. The Hall–Kier alpha value is -2.71. The maximum absolute atomic E-state index is 12.6. The molecule has 0 spiro atoms. The molecule has 0 aliphatic carbocycles. The van der Waals surface area contributed by atoms with E-state index >= 15 is 0 Å². The zero-order chi connectivity index (χ0) is 21.3. The highest BCUT2D eigenvalue weighted by molar-refractivity contribution is 7.13. The molecular formula is C22H29N5O2S. The summed E-state index contributed by atoms with van der Waals surface area (Å²) >= 11 is 1.56. The average molecular weight is 428 g/mol. The lowest BCUT2D eigenvalue weighted by Gasteiger charge is -2.21. The summed E-state index contributed by atoms with van der Waals surface area (Å²) < 4.78 is 5.77. The first-order valence-corrected chi connectivity index (χ1v) is 11.2. The number of amides is 1. The molecule has 3 rings (SSSR count). The van der Waals surface area contributed by atoms with Gasteiger partial charge in [0.1, 0.15) is 0 Å². The zero-order valence-electron chi connectivity index (χ0n) is 17.8. The van der Waals surface area contributed by atoms with Gasteiger partial charge < -0.3 is 14.6 Å². The van der Waals surface area contributed by atoms with E-state index in [0.717, 1.165) is 42.3 Å². The predicted molar refractivity (Wildman–Crippen MR) is 122 cm³/mol. The molecule has 2 heterocycles. The van der Waals surface area contributed by atoms with Crippen LogP contribution < -0.4 is 10.2 Å². The van der Waals surface area contributed by atoms with Crippen LogP contribution in [0.15, 0.2) is 46.2 Å². The fourth-order valence-corrected chi connectivity index (χ4v) is 3.93. The molecule has 160 valence electrons. The molecule has 30 heavy (non-hydrogen) atoms. The van der Waals surface area contributed by atoms with Crippen LogP contribution in [0.4, 0.5) is 11.4 Å². The Morgan fingerprint density at radius 1 is 1.10 bits per heavy atom. The second-order valence-corrected chi connectivity index (χ2v) is 7.90. The van der Waals surface area contributed by atoms with Crippen LogP contribution in [0.5, 0.6) is 0 Å². The first-order chi connectivity index (χ1) is 14.6. The Bertz CT molecular complexity index is 904. The molecule has 1 N–H and O–H groups in total. The van der Waals surface area contributed by atoms with Crippen LogP contribution in [0.3, 0.4) is 0 Å². The third kappa shape index (κ3) is 5.90. The summed E-state index contributed by atoms with van der Waals surface area (Å²) in [6, 6.07) is 11.9. The lowest BCUT2D eigenvalue weighted by molar-refractivity contribution is -0.117. The van der Waals surface area contributed by atoms with Crippen molar-refractivity contribution in [3.63, 3.8) is 0 Å². The molecular weight excluding hydrogens is 398 g/mol. The number of hydrogen-bond acceptors (Lipinski definition) is 7. The van der Waals surface area contributed by atoms with E-state index in [9.17, 15) is 4.79 Å². The molecule has 3 aromatic rings. The third-order valence-electron chi connectivity index (χ3n) is 4.74. The standard InChI is InChI=1S/C22H29N5O2S/c1-4-13-26(16-21-24-25-22(29-21)19-8-7-14-30-19)15-20(28)23-17-9-11-18(12-10-17)27(5-2)6-3/h7-12,14H,4-6,13,15-16H2,1-3H3,(H,23,28). The molecule has 0 radical (unpaired) electrons. The number of rotatable bonds is 11. The molecule has 0 bridgehead atoms. The number of hydrogen-bond donors (Lipinski definition) is 1. The van der Waals surface area contributed by atoms with Gasteiger partial charge in [-0.15, -0.1) is 21.5 Å². The summed E-state index contributed by atoms with van der Waals surface area (Å²) in [5.41, 5.74) is 1.95. The van der Waals surface area contributed by atoms with Crippen molar-refractivity contribution in [2.24, 2.45) is 0 Å². The van der Waals surface area contributed by atoms with Crippen molar-refractivity contribution in [2.45, 2.75) is 33.7 Å². The van der Waals surface area contributed by atoms with E-state index in [1.807, 2.05) is 46.7 Å². The zero-order valence-corrected chi connectivity index (χ0v) is 18.6. The maximum atomic E-state index is 12.6. The third-order valence-corrected chi connectivity index (χ3v) is 5.60. The predicted octanol–water partition coefficient (Wildman–Crippen LogP) is 4.50. The number of thiophene rings is 1. The normalized spacial score (nSPS) is 11.1. The van der Waals surface area contributed by atoms with Gasteiger partial charge >= 0.3 is 0 Å². The number of aromatic nitrogens is 2. The molecule has 1 amide bonds. The molecule has 0 atom stereocenters. The van der Waals surface area contributed by atoms with Crippen LogP contribution in [0.1, 0.15) is 33.1 Å². The van der Waals surface area contributed by atoms with Crippen molar-refractivity contribution in [3.05, 3.63) is 47.7 Å². The summed E-state index contributed by atoms with van der Waals surface area (Å²) in [5, 5.41) is 13.2. The summed E-state index contributed by atoms with van der Waals surface area (Å²) in [6.07, 6.45) is 0.928. The smallest absolute Gasteiger partial charge is 0.257 e. The molecule has 8 heteroatoms. The minimum absolute atomic E-state index is 0.0583. The van der Waals surface area contributed by atoms with Crippen molar-refractivity contribution in [1.82, 2.24) is 15.1 Å². The Morgan fingerprint density at radius 2 is 1.87 bits per heavy atom. The number of nitrogens with zero attached hydrogens (tertiary/aromatic N) is 4. The number of nitrogens with one attached hydrogen (secondary N) is 1. The van der Waals surface area contributed by atoms with Crippen molar-refractivity contribution < 1.29 is 9.21 Å². The Kier molecular flexibility index (Phi) is 7.98. The van der Waals surface area contributed by atoms with E-state index in [2.05, 4.69) is 41.2 Å². The van der Waals surface area contributed by atoms with Crippen LogP contribution in [0, 0.1) is 0 Å². The molecule has 7 nitrogen and oxygen atoms in total. The van der Waals surface area contributed by atoms with Gasteiger partial charge in [0.25, 0.3) is 5.89 Å². The highest BCUT2D eigenvalue weighted by Crippen LogP contribution is 2.23. The maximum Gasteiger partial charge on any atom is 0.257 e. The second-order valence-electron chi connectivity index (χ2n) is 6.96. The topological polar surface area (TPSA) is 74.5 Å². The number of benzene rings is 1. The number of carbonyl (C=O) groups excluding carboxylic acids is 1. The monoisotopic (exact) mass is 427 g/mol. The van der Waals surface area contributed by atoms with E-state index < -0.39 is 0 Å². The minimum atomic E-state index is -0.0583. The molecule has 2 aromatic heterocycles. The van der Waals surface area contributed by atoms with E-state index in [4.69, 9.17) is 4.42 Å². The molecule has 0 saturated carbocycles. The molecule has 1 aromatic carbocycles. The number of carbonyl (C=O) groups is 1. The van der Waals surface area contributed by atoms with Gasteiger partial charge in [-0.25, -0.2) is 0 Å². The lowest BCUT2D eigenvalue weighted by Crippen LogP contribution is -2.33. The average Bonchev–Trinajstić information content (AvgIpc) is 3.42. The van der Waals surface area contributed by atoms with Crippen molar-refractivity contribution in [1.29, 1.82) is 0 Å². The van der Waals surface area contributed by atoms with Gasteiger partial charge in [-0.3, -0.25) is 9.69 Å². The Morgan fingerprint density at radius 3 is 2.50 bits per heavy atom. The van der Waals surface area contributed by atoms with E-state index in [-0.39, 0.29) is 12.5 Å². The SMILES string of the molecule is CCCN(CC(=O)Nc1ccc(N(CC)CC)cc1)Cc1nnc(-c2cccs2)o1. The highest BCUT2D eigenvalue weighted by Gasteiger charge is 2.16. The molecule has 0 unspecified atom stereocenters. The van der Waals surface area contributed by atoms with Gasteiger partial charge in [0.2, 0.25) is 11.8 Å². The largest absolute Gasteiger partial charge is 0.419 e. The molecule has 0 fully saturated rings. The van der Waals surface area contributed by atoms with Crippen LogP contribution in [-0.2, 0) is 11.3 Å². The van der Waals surface area contributed by atoms with Gasteiger partial charge in [-0.05, 0) is 62.5 Å². The second kappa shape index (κ2) is 10.9. The summed E-state index contributed by atoms with van der Waals surface area (Å²) in [7, 11) is 0. The molecule has 0 aliphatic rings. The molecule has 0 aliphatic heterocycles. The van der Waals surface area contributed by atoms with Gasteiger partial charge in [-0.1, -0.05) is 13.0 Å². The summed E-state index contributed by atoms with van der Waals surface area (Å²) in [4.78, 5) is 17.8. The van der Waals surface area contributed by atoms with Gasteiger partial charge in [0.15, 0.2) is 0 Å². The van der Waals surface area contributed by atoms with Crippen molar-refractivity contribution >= 4 is 28.6 Å². The van der Waals surface area contributed by atoms with E-state index in [1.165, 1.54) is 0 Å². The van der Waals surface area contributed by atoms with Crippen LogP contribution in [0.25, 0.3) is 10.8 Å².